The molecule has 0 bridgehead atoms. The van der Waals surface area contributed by atoms with E-state index in [-0.39, 0.29) is 5.91 Å². The molecule has 12 heavy (non-hydrogen) atoms. The van der Waals surface area contributed by atoms with Gasteiger partial charge in [-0.3, -0.25) is 4.79 Å². The molecule has 0 atom stereocenters. The summed E-state index contributed by atoms with van der Waals surface area (Å²) in [5.74, 6) is 1.84. The standard InChI is InChI=1S/C10H19NO/c1-8(2)10-4-6-11(7-5-10)9(3)12/h8,10H,4-7H2,1-3H3. The lowest BCUT2D eigenvalue weighted by Crippen LogP contribution is -2.38. The highest BCUT2D eigenvalue weighted by atomic mass is 16.2. The fourth-order valence-electron chi connectivity index (χ4n) is 1.88. The second-order valence-electron chi connectivity index (χ2n) is 4.09. The van der Waals surface area contributed by atoms with Crippen LogP contribution in [0, 0.1) is 11.8 Å². The molecule has 0 N–H and O–H groups in total. The summed E-state index contributed by atoms with van der Waals surface area (Å²) >= 11 is 0. The van der Waals surface area contributed by atoms with Crippen LogP contribution in [0.5, 0.6) is 0 Å². The van der Waals surface area contributed by atoms with Crippen molar-refractivity contribution in [2.24, 2.45) is 11.8 Å². The van der Waals surface area contributed by atoms with E-state index in [2.05, 4.69) is 13.8 Å². The molecular weight excluding hydrogens is 150 g/mol. The van der Waals surface area contributed by atoms with Crippen molar-refractivity contribution in [2.75, 3.05) is 13.1 Å². The third-order valence-corrected chi connectivity index (χ3v) is 2.93. The fraction of sp³-hybridized carbons (Fsp3) is 0.900. The van der Waals surface area contributed by atoms with Crippen LogP contribution in [0.1, 0.15) is 33.6 Å². The minimum Gasteiger partial charge on any atom is -0.343 e. The van der Waals surface area contributed by atoms with Gasteiger partial charge in [-0.2, -0.15) is 0 Å². The van der Waals surface area contributed by atoms with Crippen molar-refractivity contribution in [3.8, 4) is 0 Å². The molecule has 0 unspecified atom stereocenters. The van der Waals surface area contributed by atoms with Gasteiger partial charge in [0.05, 0.1) is 0 Å². The average molecular weight is 169 g/mol. The first-order valence-electron chi connectivity index (χ1n) is 4.86. The fourth-order valence-corrected chi connectivity index (χ4v) is 1.88. The van der Waals surface area contributed by atoms with E-state index in [1.54, 1.807) is 6.92 Å². The van der Waals surface area contributed by atoms with Gasteiger partial charge in [0, 0.05) is 20.0 Å². The molecule has 0 spiro atoms. The summed E-state index contributed by atoms with van der Waals surface area (Å²) in [5, 5.41) is 0. The van der Waals surface area contributed by atoms with E-state index >= 15 is 0 Å². The second kappa shape index (κ2) is 3.92. The molecule has 0 radical (unpaired) electrons. The summed E-state index contributed by atoms with van der Waals surface area (Å²) in [4.78, 5) is 13.0. The van der Waals surface area contributed by atoms with Crippen LogP contribution in [0.25, 0.3) is 0 Å². The average Bonchev–Trinajstić information content (AvgIpc) is 2.04. The minimum absolute atomic E-state index is 0.234. The third-order valence-electron chi connectivity index (χ3n) is 2.93. The molecule has 1 amide bonds. The summed E-state index contributed by atoms with van der Waals surface area (Å²) in [7, 11) is 0. The molecule has 1 rings (SSSR count). The predicted molar refractivity (Wildman–Crippen MR) is 49.8 cm³/mol. The van der Waals surface area contributed by atoms with Crippen LogP contribution in [0.4, 0.5) is 0 Å². The number of nitrogens with zero attached hydrogens (tertiary/aromatic N) is 1. The molecule has 1 fully saturated rings. The van der Waals surface area contributed by atoms with Crippen LogP contribution in [0.3, 0.4) is 0 Å². The summed E-state index contributed by atoms with van der Waals surface area (Å²) in [5.41, 5.74) is 0. The molecule has 0 aromatic carbocycles. The Bertz CT molecular complexity index is 157. The van der Waals surface area contributed by atoms with Crippen molar-refractivity contribution in [1.82, 2.24) is 4.90 Å². The van der Waals surface area contributed by atoms with Gasteiger partial charge in [-0.05, 0) is 24.7 Å². The largest absolute Gasteiger partial charge is 0.343 e. The molecule has 1 aliphatic rings. The van der Waals surface area contributed by atoms with Gasteiger partial charge in [-0.15, -0.1) is 0 Å². The van der Waals surface area contributed by atoms with E-state index in [0.29, 0.717) is 0 Å². The minimum atomic E-state index is 0.234. The van der Waals surface area contributed by atoms with E-state index in [1.807, 2.05) is 4.90 Å². The number of rotatable bonds is 1. The molecule has 0 aromatic heterocycles. The molecular formula is C10H19NO. The van der Waals surface area contributed by atoms with Gasteiger partial charge in [0.15, 0.2) is 0 Å². The van der Waals surface area contributed by atoms with Crippen molar-refractivity contribution in [1.29, 1.82) is 0 Å². The second-order valence-corrected chi connectivity index (χ2v) is 4.09. The molecule has 0 aromatic rings. The monoisotopic (exact) mass is 169 g/mol. The highest BCUT2D eigenvalue weighted by Crippen LogP contribution is 2.24. The third kappa shape index (κ3) is 2.23. The Morgan fingerprint density at radius 2 is 1.83 bits per heavy atom. The lowest BCUT2D eigenvalue weighted by atomic mass is 9.87. The summed E-state index contributed by atoms with van der Waals surface area (Å²) in [6, 6.07) is 0. The number of likely N-dealkylation sites (tertiary alicyclic amines) is 1. The Kier molecular flexibility index (Phi) is 3.12. The highest BCUT2D eigenvalue weighted by Gasteiger charge is 2.22. The smallest absolute Gasteiger partial charge is 0.219 e. The maximum Gasteiger partial charge on any atom is 0.219 e. The van der Waals surface area contributed by atoms with Crippen molar-refractivity contribution in [3.05, 3.63) is 0 Å². The van der Waals surface area contributed by atoms with Crippen LogP contribution in [0.15, 0.2) is 0 Å². The zero-order chi connectivity index (χ0) is 9.14. The molecule has 0 aliphatic carbocycles. The van der Waals surface area contributed by atoms with Crippen LogP contribution >= 0.6 is 0 Å². The number of carbonyl (C=O) groups excluding carboxylic acids is 1. The zero-order valence-electron chi connectivity index (χ0n) is 8.34. The van der Waals surface area contributed by atoms with E-state index in [0.717, 1.165) is 24.9 Å². The SMILES string of the molecule is CC(=O)N1CCC(C(C)C)CC1. The number of carbonyl (C=O) groups is 1. The van der Waals surface area contributed by atoms with Crippen LogP contribution < -0.4 is 0 Å². The highest BCUT2D eigenvalue weighted by molar-refractivity contribution is 5.73. The molecule has 1 aliphatic heterocycles. The van der Waals surface area contributed by atoms with Crippen molar-refractivity contribution < 1.29 is 4.79 Å². The lowest BCUT2D eigenvalue weighted by Gasteiger charge is -2.33. The van der Waals surface area contributed by atoms with Gasteiger partial charge in [0.2, 0.25) is 5.91 Å². The number of hydrogen-bond acceptors (Lipinski definition) is 1. The van der Waals surface area contributed by atoms with Gasteiger partial charge >= 0.3 is 0 Å². The Hall–Kier alpha value is -0.530. The number of amides is 1. The van der Waals surface area contributed by atoms with Crippen LogP contribution in [-0.2, 0) is 4.79 Å². The van der Waals surface area contributed by atoms with E-state index < -0.39 is 0 Å². The lowest BCUT2D eigenvalue weighted by molar-refractivity contribution is -0.130. The molecule has 0 saturated carbocycles. The number of piperidine rings is 1. The predicted octanol–water partition coefficient (Wildman–Crippen LogP) is 1.90. The van der Waals surface area contributed by atoms with Gasteiger partial charge < -0.3 is 4.90 Å². The Balaban J connectivity index is 2.34. The Labute approximate surface area is 74.9 Å². The molecule has 2 nitrogen and oxygen atoms in total. The van der Waals surface area contributed by atoms with Gasteiger partial charge in [-0.1, -0.05) is 13.8 Å². The topological polar surface area (TPSA) is 20.3 Å². The van der Waals surface area contributed by atoms with E-state index in [1.165, 1.54) is 12.8 Å². The first kappa shape index (κ1) is 9.56. The van der Waals surface area contributed by atoms with Gasteiger partial charge in [0.1, 0.15) is 0 Å². The summed E-state index contributed by atoms with van der Waals surface area (Å²) in [6.07, 6.45) is 2.38. The maximum absolute atomic E-state index is 11.0. The molecule has 1 saturated heterocycles. The first-order valence-corrected chi connectivity index (χ1v) is 4.86. The van der Waals surface area contributed by atoms with Gasteiger partial charge in [-0.25, -0.2) is 0 Å². The quantitative estimate of drug-likeness (QED) is 0.587. The Morgan fingerprint density at radius 3 is 2.17 bits per heavy atom. The van der Waals surface area contributed by atoms with Crippen LogP contribution in [0.2, 0.25) is 0 Å². The van der Waals surface area contributed by atoms with Gasteiger partial charge in [0.25, 0.3) is 0 Å². The summed E-state index contributed by atoms with van der Waals surface area (Å²) < 4.78 is 0. The molecule has 70 valence electrons. The zero-order valence-corrected chi connectivity index (χ0v) is 8.34. The van der Waals surface area contributed by atoms with Crippen LogP contribution in [-0.4, -0.2) is 23.9 Å². The van der Waals surface area contributed by atoms with Crippen molar-refractivity contribution >= 4 is 5.91 Å². The molecule has 2 heteroatoms. The number of hydrogen-bond donors (Lipinski definition) is 0. The van der Waals surface area contributed by atoms with E-state index in [4.69, 9.17) is 0 Å². The van der Waals surface area contributed by atoms with E-state index in [9.17, 15) is 4.79 Å². The maximum atomic E-state index is 11.0. The first-order chi connectivity index (χ1) is 5.61. The normalized spacial score (nSPS) is 20.2. The van der Waals surface area contributed by atoms with Crippen molar-refractivity contribution in [3.63, 3.8) is 0 Å². The molecule has 1 heterocycles. The summed E-state index contributed by atoms with van der Waals surface area (Å²) in [6.45, 7) is 8.15. The van der Waals surface area contributed by atoms with Crippen molar-refractivity contribution in [2.45, 2.75) is 33.6 Å². The Morgan fingerprint density at radius 1 is 1.33 bits per heavy atom.